The third kappa shape index (κ3) is 3.28. The third-order valence-electron chi connectivity index (χ3n) is 3.46. The number of anilines is 2. The molecule has 0 aromatic carbocycles. The molecule has 1 aliphatic carbocycles. The minimum absolute atomic E-state index is 0.0170. The molecule has 0 atom stereocenters. The first-order valence-electron chi connectivity index (χ1n) is 6.42. The van der Waals surface area contributed by atoms with Crippen molar-refractivity contribution in [2.24, 2.45) is 11.8 Å². The fourth-order valence-corrected chi connectivity index (χ4v) is 2.48. The largest absolute Gasteiger partial charge is 0.364 e. The monoisotopic (exact) mass is 266 g/mol. The average molecular weight is 266 g/mol. The second-order valence-corrected chi connectivity index (χ2v) is 4.69. The lowest BCUT2D eigenvalue weighted by Gasteiger charge is -2.11. The van der Waals surface area contributed by atoms with Crippen LogP contribution in [0.5, 0.6) is 0 Å². The van der Waals surface area contributed by atoms with E-state index in [1.54, 1.807) is 0 Å². The predicted octanol–water partition coefficient (Wildman–Crippen LogP) is 1.66. The van der Waals surface area contributed by atoms with Crippen LogP contribution in [0, 0.1) is 16.0 Å². The van der Waals surface area contributed by atoms with E-state index in [0.717, 1.165) is 12.3 Å². The highest BCUT2D eigenvalue weighted by Gasteiger charge is 2.22. The number of rotatable bonds is 6. The number of nitrogens with two attached hydrogens (primary N) is 1. The zero-order chi connectivity index (χ0) is 13.7. The topological polar surface area (TPSA) is 119 Å². The quantitative estimate of drug-likeness (QED) is 0.407. The standard InChI is InChI=1S/C11H18N6O2/c12-16-11-9(17(18)19)10(14-7-15-11)13-6-5-8-3-1-2-4-8/h7-8H,1-6,12H2,(H2,13,14,15,16). The van der Waals surface area contributed by atoms with Crippen LogP contribution in [0.3, 0.4) is 0 Å². The Hall–Kier alpha value is -1.96. The Bertz CT molecular complexity index is 447. The molecule has 1 saturated carbocycles. The minimum atomic E-state index is -0.535. The highest BCUT2D eigenvalue weighted by Crippen LogP contribution is 2.30. The second-order valence-electron chi connectivity index (χ2n) is 4.69. The van der Waals surface area contributed by atoms with E-state index in [2.05, 4.69) is 20.7 Å². The Morgan fingerprint density at radius 2 is 2.05 bits per heavy atom. The smallest absolute Gasteiger partial charge is 0.354 e. The summed E-state index contributed by atoms with van der Waals surface area (Å²) >= 11 is 0. The minimum Gasteiger partial charge on any atom is -0.364 e. The summed E-state index contributed by atoms with van der Waals surface area (Å²) in [5.74, 6) is 6.17. The van der Waals surface area contributed by atoms with Crippen LogP contribution in [0.25, 0.3) is 0 Å². The van der Waals surface area contributed by atoms with Crippen molar-refractivity contribution in [3.05, 3.63) is 16.4 Å². The van der Waals surface area contributed by atoms with Gasteiger partial charge in [0.15, 0.2) is 0 Å². The van der Waals surface area contributed by atoms with Crippen molar-refractivity contribution in [1.82, 2.24) is 9.97 Å². The van der Waals surface area contributed by atoms with E-state index in [1.165, 1.54) is 32.0 Å². The van der Waals surface area contributed by atoms with Gasteiger partial charge in [0.05, 0.1) is 4.92 Å². The fourth-order valence-electron chi connectivity index (χ4n) is 2.48. The lowest BCUT2D eigenvalue weighted by atomic mass is 10.0. The fraction of sp³-hybridized carbons (Fsp3) is 0.636. The van der Waals surface area contributed by atoms with Crippen molar-refractivity contribution in [2.75, 3.05) is 17.3 Å². The van der Waals surface area contributed by atoms with Gasteiger partial charge in [0.2, 0.25) is 11.6 Å². The van der Waals surface area contributed by atoms with Gasteiger partial charge in [-0.05, 0) is 12.3 Å². The van der Waals surface area contributed by atoms with Crippen LogP contribution in [0.4, 0.5) is 17.3 Å². The van der Waals surface area contributed by atoms with Gasteiger partial charge in [-0.1, -0.05) is 25.7 Å². The number of hydrogen-bond acceptors (Lipinski definition) is 7. The van der Waals surface area contributed by atoms with E-state index in [9.17, 15) is 10.1 Å². The molecule has 0 saturated heterocycles. The van der Waals surface area contributed by atoms with Crippen molar-refractivity contribution in [1.29, 1.82) is 0 Å². The molecular weight excluding hydrogens is 248 g/mol. The van der Waals surface area contributed by atoms with E-state index in [4.69, 9.17) is 5.84 Å². The van der Waals surface area contributed by atoms with E-state index < -0.39 is 4.92 Å². The maximum absolute atomic E-state index is 11.0. The van der Waals surface area contributed by atoms with E-state index >= 15 is 0 Å². The van der Waals surface area contributed by atoms with Crippen LogP contribution in [0.2, 0.25) is 0 Å². The normalized spacial score (nSPS) is 15.4. The maximum atomic E-state index is 11.0. The predicted molar refractivity (Wildman–Crippen MR) is 71.6 cm³/mol. The van der Waals surface area contributed by atoms with Crippen LogP contribution in [-0.2, 0) is 0 Å². The van der Waals surface area contributed by atoms with Gasteiger partial charge in [0.25, 0.3) is 0 Å². The van der Waals surface area contributed by atoms with Crippen LogP contribution in [0.1, 0.15) is 32.1 Å². The molecule has 8 nitrogen and oxygen atoms in total. The van der Waals surface area contributed by atoms with Crippen molar-refractivity contribution in [3.8, 4) is 0 Å². The summed E-state index contributed by atoms with van der Waals surface area (Å²) in [6, 6.07) is 0. The van der Waals surface area contributed by atoms with Gasteiger partial charge in [-0.2, -0.15) is 0 Å². The molecule has 1 aromatic heterocycles. The van der Waals surface area contributed by atoms with Gasteiger partial charge >= 0.3 is 5.69 Å². The van der Waals surface area contributed by atoms with Crippen molar-refractivity contribution >= 4 is 17.3 Å². The molecule has 0 amide bonds. The molecule has 2 rings (SSSR count). The second kappa shape index (κ2) is 6.28. The number of hydrazine groups is 1. The number of nitrogens with zero attached hydrogens (tertiary/aromatic N) is 3. The van der Waals surface area contributed by atoms with Crippen LogP contribution >= 0.6 is 0 Å². The summed E-state index contributed by atoms with van der Waals surface area (Å²) in [4.78, 5) is 18.1. The Balaban J connectivity index is 2.00. The van der Waals surface area contributed by atoms with Gasteiger partial charge < -0.3 is 10.7 Å². The molecule has 0 aliphatic heterocycles. The molecule has 1 heterocycles. The van der Waals surface area contributed by atoms with Crippen molar-refractivity contribution in [3.63, 3.8) is 0 Å². The van der Waals surface area contributed by atoms with Crippen LogP contribution in [-0.4, -0.2) is 21.4 Å². The molecule has 1 fully saturated rings. The molecular formula is C11H18N6O2. The summed E-state index contributed by atoms with van der Waals surface area (Å²) in [5, 5.41) is 14.0. The number of nitrogens with one attached hydrogen (secondary N) is 2. The first-order valence-corrected chi connectivity index (χ1v) is 6.42. The number of nitrogen functional groups attached to an aromatic ring is 1. The van der Waals surface area contributed by atoms with Crippen LogP contribution in [0.15, 0.2) is 6.33 Å². The molecule has 0 spiro atoms. The zero-order valence-corrected chi connectivity index (χ0v) is 10.6. The lowest BCUT2D eigenvalue weighted by Crippen LogP contribution is -2.14. The van der Waals surface area contributed by atoms with Crippen molar-refractivity contribution < 1.29 is 4.92 Å². The lowest BCUT2D eigenvalue weighted by molar-refractivity contribution is -0.383. The maximum Gasteiger partial charge on any atom is 0.354 e. The molecule has 8 heteroatoms. The summed E-state index contributed by atoms with van der Waals surface area (Å²) in [6.07, 6.45) is 7.35. The number of nitro groups is 1. The molecule has 1 aliphatic rings. The molecule has 0 radical (unpaired) electrons. The average Bonchev–Trinajstić information content (AvgIpc) is 2.91. The van der Waals surface area contributed by atoms with Gasteiger partial charge in [-0.25, -0.2) is 15.8 Å². The van der Waals surface area contributed by atoms with Gasteiger partial charge in [0.1, 0.15) is 6.33 Å². The molecule has 0 unspecified atom stereocenters. The number of aromatic nitrogens is 2. The highest BCUT2D eigenvalue weighted by atomic mass is 16.6. The Labute approximate surface area is 110 Å². The summed E-state index contributed by atoms with van der Waals surface area (Å²) < 4.78 is 0. The van der Waals surface area contributed by atoms with Crippen LogP contribution < -0.4 is 16.6 Å². The molecule has 19 heavy (non-hydrogen) atoms. The third-order valence-corrected chi connectivity index (χ3v) is 3.46. The SMILES string of the molecule is NNc1ncnc(NCCC2CCCC2)c1[N+](=O)[O-]. The van der Waals surface area contributed by atoms with E-state index in [0.29, 0.717) is 6.54 Å². The van der Waals surface area contributed by atoms with Gasteiger partial charge in [0, 0.05) is 6.54 Å². The number of hydrogen-bond donors (Lipinski definition) is 3. The van der Waals surface area contributed by atoms with Gasteiger partial charge in [-0.15, -0.1) is 0 Å². The van der Waals surface area contributed by atoms with E-state index in [1.807, 2.05) is 0 Å². The summed E-state index contributed by atoms with van der Waals surface area (Å²) in [5.41, 5.74) is 2.00. The Morgan fingerprint density at radius 3 is 2.68 bits per heavy atom. The molecule has 4 N–H and O–H groups in total. The Morgan fingerprint density at radius 1 is 1.37 bits per heavy atom. The van der Waals surface area contributed by atoms with E-state index in [-0.39, 0.29) is 17.3 Å². The highest BCUT2D eigenvalue weighted by molar-refractivity contribution is 5.68. The molecule has 1 aromatic rings. The Kier molecular flexibility index (Phi) is 4.45. The first-order chi connectivity index (χ1) is 9.22. The zero-order valence-electron chi connectivity index (χ0n) is 10.6. The molecule has 104 valence electrons. The van der Waals surface area contributed by atoms with Crippen molar-refractivity contribution in [2.45, 2.75) is 32.1 Å². The van der Waals surface area contributed by atoms with Gasteiger partial charge in [-0.3, -0.25) is 10.1 Å². The summed E-state index contributed by atoms with van der Waals surface area (Å²) in [6.45, 7) is 0.673. The molecule has 0 bridgehead atoms. The first kappa shape index (κ1) is 13.5. The summed E-state index contributed by atoms with van der Waals surface area (Å²) in [7, 11) is 0.